The Balaban J connectivity index is 2.78. The first-order valence-corrected chi connectivity index (χ1v) is 8.34. The number of aliphatic hydroxyl groups excluding tert-OH is 1. The Morgan fingerprint density at radius 3 is 2.23 bits per heavy atom. The van der Waals surface area contributed by atoms with Crippen LogP contribution in [-0.4, -0.2) is 41.6 Å². The molecular weight excluding hydrogens is 338 g/mol. The second-order valence-electron chi connectivity index (χ2n) is 6.25. The summed E-state index contributed by atoms with van der Waals surface area (Å²) in [6.45, 7) is 3.63. The van der Waals surface area contributed by atoms with Gasteiger partial charge in [0, 0.05) is 12.2 Å². The third-order valence-electron chi connectivity index (χ3n) is 3.79. The minimum absolute atomic E-state index is 0.0894. The van der Waals surface area contributed by atoms with Crippen LogP contribution < -0.4 is 27.4 Å². The number of hydrogen-bond acceptors (Lipinski definition) is 5. The van der Waals surface area contributed by atoms with E-state index in [1.54, 1.807) is 38.1 Å². The fraction of sp³-hybridized carbons (Fsp3) is 0.471. The van der Waals surface area contributed by atoms with Crippen LogP contribution in [0.25, 0.3) is 0 Å². The number of aliphatic hydroxyl groups is 1. The third kappa shape index (κ3) is 7.08. The van der Waals surface area contributed by atoms with Gasteiger partial charge in [0.1, 0.15) is 6.04 Å². The van der Waals surface area contributed by atoms with Crippen LogP contribution in [0.15, 0.2) is 24.3 Å². The average molecular weight is 365 g/mol. The Hall–Kier alpha value is -2.65. The predicted molar refractivity (Wildman–Crippen MR) is 97.9 cm³/mol. The number of primary amides is 1. The molecule has 0 bridgehead atoms. The van der Waals surface area contributed by atoms with Gasteiger partial charge in [0.25, 0.3) is 0 Å². The van der Waals surface area contributed by atoms with Gasteiger partial charge in [0.2, 0.25) is 11.8 Å². The molecule has 4 amide bonds. The summed E-state index contributed by atoms with van der Waals surface area (Å²) in [6.07, 6.45) is 0.153. The summed E-state index contributed by atoms with van der Waals surface area (Å²) < 4.78 is 0. The summed E-state index contributed by atoms with van der Waals surface area (Å²) in [5.74, 6) is -0.985. The van der Waals surface area contributed by atoms with Crippen LogP contribution in [0, 0.1) is 5.92 Å². The molecule has 144 valence electrons. The van der Waals surface area contributed by atoms with Crippen molar-refractivity contribution < 1.29 is 19.5 Å². The number of nitrogens with two attached hydrogens (primary N) is 2. The molecule has 26 heavy (non-hydrogen) atoms. The highest BCUT2D eigenvalue weighted by molar-refractivity contribution is 5.97. The molecule has 9 heteroatoms. The van der Waals surface area contributed by atoms with Gasteiger partial charge in [-0.2, -0.15) is 0 Å². The first kappa shape index (κ1) is 21.4. The third-order valence-corrected chi connectivity index (χ3v) is 3.79. The lowest BCUT2D eigenvalue weighted by molar-refractivity contribution is -0.128. The van der Waals surface area contributed by atoms with E-state index in [2.05, 4.69) is 16.0 Å². The molecule has 2 atom stereocenters. The summed E-state index contributed by atoms with van der Waals surface area (Å²) in [4.78, 5) is 35.5. The maximum atomic E-state index is 12.5. The summed E-state index contributed by atoms with van der Waals surface area (Å²) in [5.41, 5.74) is 12.1. The van der Waals surface area contributed by atoms with Crippen LogP contribution in [0.5, 0.6) is 0 Å². The largest absolute Gasteiger partial charge is 0.392 e. The SMILES string of the molecule is CC(C)[C@H](N)C(=O)N[C@@H](CCNC(N)=O)C(=O)Nc1ccc(CO)cc1. The molecule has 1 aromatic carbocycles. The highest BCUT2D eigenvalue weighted by Crippen LogP contribution is 2.10. The van der Waals surface area contributed by atoms with E-state index in [1.807, 2.05) is 0 Å². The van der Waals surface area contributed by atoms with Gasteiger partial charge in [-0.15, -0.1) is 0 Å². The van der Waals surface area contributed by atoms with Gasteiger partial charge in [0.15, 0.2) is 0 Å². The van der Waals surface area contributed by atoms with Crippen molar-refractivity contribution in [2.45, 2.75) is 39.0 Å². The minimum Gasteiger partial charge on any atom is -0.392 e. The zero-order chi connectivity index (χ0) is 19.7. The van der Waals surface area contributed by atoms with Crippen molar-refractivity contribution in [3.05, 3.63) is 29.8 Å². The minimum atomic E-state index is -0.892. The highest BCUT2D eigenvalue weighted by atomic mass is 16.3. The van der Waals surface area contributed by atoms with Crippen LogP contribution in [-0.2, 0) is 16.2 Å². The molecule has 0 radical (unpaired) electrons. The fourth-order valence-corrected chi connectivity index (χ4v) is 2.10. The van der Waals surface area contributed by atoms with E-state index < -0.39 is 29.9 Å². The molecule has 9 nitrogen and oxygen atoms in total. The predicted octanol–water partition coefficient (Wildman–Crippen LogP) is -0.356. The first-order valence-electron chi connectivity index (χ1n) is 8.34. The summed E-state index contributed by atoms with van der Waals surface area (Å²) >= 11 is 0. The fourth-order valence-electron chi connectivity index (χ4n) is 2.10. The van der Waals surface area contributed by atoms with Crippen molar-refractivity contribution in [1.29, 1.82) is 0 Å². The van der Waals surface area contributed by atoms with E-state index in [4.69, 9.17) is 16.6 Å². The van der Waals surface area contributed by atoms with E-state index in [1.165, 1.54) is 0 Å². The Labute approximate surface area is 152 Å². The number of nitrogens with one attached hydrogen (secondary N) is 3. The zero-order valence-corrected chi connectivity index (χ0v) is 15.0. The molecule has 1 rings (SSSR count). The number of benzene rings is 1. The van der Waals surface area contributed by atoms with Gasteiger partial charge in [-0.1, -0.05) is 26.0 Å². The molecule has 0 saturated carbocycles. The molecule has 0 aromatic heterocycles. The average Bonchev–Trinajstić information content (AvgIpc) is 2.60. The van der Waals surface area contributed by atoms with Crippen molar-refractivity contribution in [3.8, 4) is 0 Å². The Morgan fingerprint density at radius 1 is 1.12 bits per heavy atom. The van der Waals surface area contributed by atoms with Crippen LogP contribution in [0.3, 0.4) is 0 Å². The van der Waals surface area contributed by atoms with Gasteiger partial charge in [0.05, 0.1) is 12.6 Å². The Morgan fingerprint density at radius 2 is 1.73 bits per heavy atom. The molecule has 8 N–H and O–H groups in total. The maximum absolute atomic E-state index is 12.5. The lowest BCUT2D eigenvalue weighted by Gasteiger charge is -2.22. The van der Waals surface area contributed by atoms with E-state index in [0.29, 0.717) is 11.3 Å². The van der Waals surface area contributed by atoms with Gasteiger partial charge in [-0.05, 0) is 30.0 Å². The summed E-state index contributed by atoms with van der Waals surface area (Å²) in [6, 6.07) is 4.27. The van der Waals surface area contributed by atoms with Crippen LogP contribution in [0.2, 0.25) is 0 Å². The number of amides is 4. The van der Waals surface area contributed by atoms with E-state index >= 15 is 0 Å². The number of carbonyl (C=O) groups is 3. The zero-order valence-electron chi connectivity index (χ0n) is 15.0. The first-order chi connectivity index (χ1) is 12.2. The monoisotopic (exact) mass is 365 g/mol. The van der Waals surface area contributed by atoms with Gasteiger partial charge in [-0.25, -0.2) is 4.79 Å². The molecule has 1 aromatic rings. The van der Waals surface area contributed by atoms with Gasteiger partial charge < -0.3 is 32.5 Å². The van der Waals surface area contributed by atoms with Crippen molar-refractivity contribution >= 4 is 23.5 Å². The topological polar surface area (TPSA) is 160 Å². The van der Waals surface area contributed by atoms with Gasteiger partial charge >= 0.3 is 6.03 Å². The molecule has 0 saturated heterocycles. The standard InChI is InChI=1S/C17H27N5O4/c1-10(2)14(18)16(25)22-13(7-8-20-17(19)26)15(24)21-12-5-3-11(9-23)4-6-12/h3-6,10,13-14,23H,7-9,18H2,1-2H3,(H,21,24)(H,22,25)(H3,19,20,26)/t13-,14-/m0/s1. The molecule has 0 aliphatic heterocycles. The van der Waals surface area contributed by atoms with Crippen LogP contribution in [0.4, 0.5) is 10.5 Å². The second kappa shape index (κ2) is 10.4. The molecule has 0 unspecified atom stereocenters. The Bertz CT molecular complexity index is 618. The quantitative estimate of drug-likeness (QED) is 0.352. The maximum Gasteiger partial charge on any atom is 0.312 e. The van der Waals surface area contributed by atoms with E-state index in [0.717, 1.165) is 0 Å². The number of urea groups is 1. The van der Waals surface area contributed by atoms with Crippen molar-refractivity contribution in [1.82, 2.24) is 10.6 Å². The number of carbonyl (C=O) groups excluding carboxylic acids is 3. The van der Waals surface area contributed by atoms with Crippen LogP contribution in [0.1, 0.15) is 25.8 Å². The van der Waals surface area contributed by atoms with Crippen molar-refractivity contribution in [2.24, 2.45) is 17.4 Å². The number of hydrogen-bond donors (Lipinski definition) is 6. The van der Waals surface area contributed by atoms with E-state index in [9.17, 15) is 14.4 Å². The molecule has 0 heterocycles. The molecular formula is C17H27N5O4. The Kier molecular flexibility index (Phi) is 8.53. The van der Waals surface area contributed by atoms with Crippen molar-refractivity contribution in [3.63, 3.8) is 0 Å². The lowest BCUT2D eigenvalue weighted by Crippen LogP contribution is -2.52. The molecule has 0 fully saturated rings. The highest BCUT2D eigenvalue weighted by Gasteiger charge is 2.25. The molecule has 0 aliphatic rings. The normalized spacial score (nSPS) is 13.0. The van der Waals surface area contributed by atoms with E-state index in [-0.39, 0.29) is 25.5 Å². The molecule has 0 spiro atoms. The summed E-state index contributed by atoms with van der Waals surface area (Å²) in [5, 5.41) is 16.7. The molecule has 0 aliphatic carbocycles. The smallest absolute Gasteiger partial charge is 0.312 e. The second-order valence-corrected chi connectivity index (χ2v) is 6.25. The summed E-state index contributed by atoms with van der Waals surface area (Å²) in [7, 11) is 0. The van der Waals surface area contributed by atoms with Crippen molar-refractivity contribution in [2.75, 3.05) is 11.9 Å². The lowest BCUT2D eigenvalue weighted by atomic mass is 10.0. The number of rotatable bonds is 9. The number of anilines is 1. The van der Waals surface area contributed by atoms with Crippen LogP contribution >= 0.6 is 0 Å². The van der Waals surface area contributed by atoms with Gasteiger partial charge in [-0.3, -0.25) is 9.59 Å².